The lowest BCUT2D eigenvalue weighted by Gasteiger charge is -2.38. The second-order valence-electron chi connectivity index (χ2n) is 6.93. The molecule has 2 atom stereocenters. The fourth-order valence-corrected chi connectivity index (χ4v) is 4.50. The van der Waals surface area contributed by atoms with Gasteiger partial charge in [-0.05, 0) is 45.6 Å². The van der Waals surface area contributed by atoms with Gasteiger partial charge in [0.25, 0.3) is 0 Å². The molecule has 0 amide bonds. The molecule has 2 bridgehead atoms. The molecule has 104 valence electrons. The van der Waals surface area contributed by atoms with Crippen molar-refractivity contribution in [3.63, 3.8) is 0 Å². The zero-order valence-electron chi connectivity index (χ0n) is 12.0. The van der Waals surface area contributed by atoms with Gasteiger partial charge in [-0.15, -0.1) is 0 Å². The molecule has 2 saturated heterocycles. The van der Waals surface area contributed by atoms with E-state index < -0.39 is 0 Å². The number of nitrogens with one attached hydrogen (secondary N) is 1. The maximum absolute atomic E-state index is 4.02. The predicted octanol–water partition coefficient (Wildman–Crippen LogP) is 3.31. The summed E-state index contributed by atoms with van der Waals surface area (Å²) in [5.41, 5.74) is 0. The van der Waals surface area contributed by atoms with Crippen LogP contribution in [0, 0.1) is 0 Å². The molecule has 2 unspecified atom stereocenters. The summed E-state index contributed by atoms with van der Waals surface area (Å²) in [6, 6.07) is 3.42. The first-order valence-corrected chi connectivity index (χ1v) is 8.31. The maximum Gasteiger partial charge on any atom is 0.0111 e. The van der Waals surface area contributed by atoms with Crippen LogP contribution in [0.5, 0.6) is 0 Å². The van der Waals surface area contributed by atoms with E-state index in [1.54, 1.807) is 0 Å². The monoisotopic (exact) mass is 250 g/mol. The van der Waals surface area contributed by atoms with Gasteiger partial charge < -0.3 is 10.2 Å². The minimum atomic E-state index is 0.822. The van der Waals surface area contributed by atoms with Gasteiger partial charge in [0.2, 0.25) is 0 Å². The molecule has 1 saturated carbocycles. The number of rotatable bonds is 2. The standard InChI is InChI=1S/C16H30N2/c1-18-15-9-10-16(18)12-14(11-15)17-13-7-5-3-2-4-6-8-13/h13-17H,2-12H2,1H3. The zero-order valence-corrected chi connectivity index (χ0v) is 12.0. The summed E-state index contributed by atoms with van der Waals surface area (Å²) in [6.07, 6.45) is 15.9. The highest BCUT2D eigenvalue weighted by atomic mass is 15.2. The molecule has 0 aromatic rings. The third-order valence-corrected chi connectivity index (χ3v) is 5.67. The molecule has 18 heavy (non-hydrogen) atoms. The lowest BCUT2D eigenvalue weighted by atomic mass is 9.93. The van der Waals surface area contributed by atoms with Crippen LogP contribution in [0.3, 0.4) is 0 Å². The number of piperidine rings is 1. The van der Waals surface area contributed by atoms with E-state index in [4.69, 9.17) is 0 Å². The van der Waals surface area contributed by atoms with Gasteiger partial charge in [-0.1, -0.05) is 32.1 Å². The van der Waals surface area contributed by atoms with Crippen LogP contribution in [-0.4, -0.2) is 36.1 Å². The fraction of sp³-hybridized carbons (Fsp3) is 1.00. The number of hydrogen-bond acceptors (Lipinski definition) is 2. The molecule has 2 aliphatic heterocycles. The number of nitrogens with zero attached hydrogens (tertiary/aromatic N) is 1. The van der Waals surface area contributed by atoms with Crippen molar-refractivity contribution in [2.24, 2.45) is 0 Å². The topological polar surface area (TPSA) is 15.3 Å². The van der Waals surface area contributed by atoms with Gasteiger partial charge >= 0.3 is 0 Å². The second-order valence-corrected chi connectivity index (χ2v) is 6.93. The molecule has 3 aliphatic rings. The Hall–Kier alpha value is -0.0800. The molecule has 3 fully saturated rings. The molecule has 1 N–H and O–H groups in total. The average molecular weight is 250 g/mol. The first kappa shape index (κ1) is 12.9. The van der Waals surface area contributed by atoms with Gasteiger partial charge in [0.1, 0.15) is 0 Å². The van der Waals surface area contributed by atoms with Gasteiger partial charge in [-0.2, -0.15) is 0 Å². The minimum Gasteiger partial charge on any atom is -0.311 e. The molecule has 0 spiro atoms. The summed E-state index contributed by atoms with van der Waals surface area (Å²) in [5.74, 6) is 0. The molecule has 0 radical (unpaired) electrons. The van der Waals surface area contributed by atoms with Crippen LogP contribution in [0.1, 0.15) is 70.6 Å². The SMILES string of the molecule is CN1C2CCC1CC(NC1CCCCCCC1)C2. The quantitative estimate of drug-likeness (QED) is 0.809. The van der Waals surface area contributed by atoms with E-state index in [1.165, 1.54) is 70.6 Å². The van der Waals surface area contributed by atoms with Crippen molar-refractivity contribution >= 4 is 0 Å². The summed E-state index contributed by atoms with van der Waals surface area (Å²) >= 11 is 0. The van der Waals surface area contributed by atoms with Crippen LogP contribution >= 0.6 is 0 Å². The number of fused-ring (bicyclic) bond motifs is 2. The van der Waals surface area contributed by atoms with Crippen molar-refractivity contribution in [3.05, 3.63) is 0 Å². The summed E-state index contributed by atoms with van der Waals surface area (Å²) in [6.45, 7) is 0. The summed E-state index contributed by atoms with van der Waals surface area (Å²) in [4.78, 5) is 2.65. The molecular weight excluding hydrogens is 220 g/mol. The molecule has 3 rings (SSSR count). The lowest BCUT2D eigenvalue weighted by molar-refractivity contribution is 0.140. The van der Waals surface area contributed by atoms with Crippen LogP contribution < -0.4 is 5.32 Å². The van der Waals surface area contributed by atoms with E-state index in [-0.39, 0.29) is 0 Å². The highest BCUT2D eigenvalue weighted by Gasteiger charge is 2.38. The smallest absolute Gasteiger partial charge is 0.0111 e. The Kier molecular flexibility index (Phi) is 4.25. The van der Waals surface area contributed by atoms with Gasteiger partial charge in [0.15, 0.2) is 0 Å². The molecule has 0 aromatic carbocycles. The summed E-state index contributed by atoms with van der Waals surface area (Å²) in [5, 5.41) is 4.02. The van der Waals surface area contributed by atoms with Crippen LogP contribution in [-0.2, 0) is 0 Å². The molecule has 2 nitrogen and oxygen atoms in total. The van der Waals surface area contributed by atoms with E-state index in [9.17, 15) is 0 Å². The Morgan fingerprint density at radius 2 is 1.28 bits per heavy atom. The molecule has 0 aromatic heterocycles. The Labute approximate surface area is 113 Å². The molecule has 1 aliphatic carbocycles. The maximum atomic E-state index is 4.02. The first-order valence-electron chi connectivity index (χ1n) is 8.31. The highest BCUT2D eigenvalue weighted by molar-refractivity contribution is 4.96. The summed E-state index contributed by atoms with van der Waals surface area (Å²) < 4.78 is 0. The van der Waals surface area contributed by atoms with Crippen LogP contribution in [0.4, 0.5) is 0 Å². The third-order valence-electron chi connectivity index (χ3n) is 5.67. The second kappa shape index (κ2) is 5.92. The molecular formula is C16H30N2. The van der Waals surface area contributed by atoms with Gasteiger partial charge in [0, 0.05) is 24.2 Å². The average Bonchev–Trinajstić information content (AvgIpc) is 2.57. The van der Waals surface area contributed by atoms with Gasteiger partial charge in [0.05, 0.1) is 0 Å². The van der Waals surface area contributed by atoms with Gasteiger partial charge in [-0.3, -0.25) is 0 Å². The van der Waals surface area contributed by atoms with E-state index >= 15 is 0 Å². The lowest BCUT2D eigenvalue weighted by Crippen LogP contribution is -2.49. The van der Waals surface area contributed by atoms with E-state index in [1.807, 2.05) is 0 Å². The predicted molar refractivity (Wildman–Crippen MR) is 76.8 cm³/mol. The highest BCUT2D eigenvalue weighted by Crippen LogP contribution is 2.34. The fourth-order valence-electron chi connectivity index (χ4n) is 4.50. The zero-order chi connectivity index (χ0) is 12.4. The van der Waals surface area contributed by atoms with Gasteiger partial charge in [-0.25, -0.2) is 0 Å². The Bertz CT molecular complexity index is 244. The van der Waals surface area contributed by atoms with E-state index in [0.29, 0.717) is 0 Å². The minimum absolute atomic E-state index is 0.822. The van der Waals surface area contributed by atoms with Crippen molar-refractivity contribution < 1.29 is 0 Å². The Balaban J connectivity index is 1.50. The third kappa shape index (κ3) is 2.91. The first-order chi connectivity index (χ1) is 8.83. The Morgan fingerprint density at radius 1 is 0.722 bits per heavy atom. The van der Waals surface area contributed by atoms with Crippen molar-refractivity contribution in [1.82, 2.24) is 10.2 Å². The van der Waals surface area contributed by atoms with Crippen LogP contribution in [0.15, 0.2) is 0 Å². The van der Waals surface area contributed by atoms with Crippen molar-refractivity contribution in [3.8, 4) is 0 Å². The number of hydrogen-bond donors (Lipinski definition) is 1. The van der Waals surface area contributed by atoms with E-state index in [2.05, 4.69) is 17.3 Å². The van der Waals surface area contributed by atoms with Crippen molar-refractivity contribution in [2.45, 2.75) is 94.8 Å². The largest absolute Gasteiger partial charge is 0.311 e. The van der Waals surface area contributed by atoms with Crippen LogP contribution in [0.2, 0.25) is 0 Å². The molecule has 2 heterocycles. The van der Waals surface area contributed by atoms with Crippen molar-refractivity contribution in [1.29, 1.82) is 0 Å². The normalized spacial score (nSPS) is 39.5. The van der Waals surface area contributed by atoms with E-state index in [0.717, 1.165) is 24.2 Å². The Morgan fingerprint density at radius 3 is 1.89 bits per heavy atom. The van der Waals surface area contributed by atoms with Crippen LogP contribution in [0.25, 0.3) is 0 Å². The van der Waals surface area contributed by atoms with Crippen molar-refractivity contribution in [2.75, 3.05) is 7.05 Å². The summed E-state index contributed by atoms with van der Waals surface area (Å²) in [7, 11) is 2.34. The molecule has 2 heteroatoms.